The minimum Gasteiger partial charge on any atom is -0.386 e. The summed E-state index contributed by atoms with van der Waals surface area (Å²) < 4.78 is 0. The van der Waals surface area contributed by atoms with Crippen LogP contribution >= 0.6 is 11.3 Å². The molecule has 2 aromatic heterocycles. The Labute approximate surface area is 98.8 Å². The SMILES string of the molecule is CCc1ccc(CC(O)c2nccs2)nc1. The zero-order chi connectivity index (χ0) is 11.4. The minimum absolute atomic E-state index is 0.525. The van der Waals surface area contributed by atoms with E-state index < -0.39 is 6.10 Å². The number of thiazole rings is 1. The van der Waals surface area contributed by atoms with Crippen molar-refractivity contribution in [1.82, 2.24) is 9.97 Å². The molecule has 3 nitrogen and oxygen atoms in total. The first kappa shape index (κ1) is 11.2. The Hall–Kier alpha value is -1.26. The van der Waals surface area contributed by atoms with Gasteiger partial charge in [0.1, 0.15) is 11.1 Å². The second kappa shape index (κ2) is 5.18. The van der Waals surface area contributed by atoms with Crippen LogP contribution in [0.25, 0.3) is 0 Å². The summed E-state index contributed by atoms with van der Waals surface area (Å²) >= 11 is 1.47. The molecule has 0 aromatic carbocycles. The van der Waals surface area contributed by atoms with Gasteiger partial charge < -0.3 is 5.11 Å². The summed E-state index contributed by atoms with van der Waals surface area (Å²) in [5.74, 6) is 0. The molecule has 1 atom stereocenters. The topological polar surface area (TPSA) is 46.0 Å². The van der Waals surface area contributed by atoms with Crippen molar-refractivity contribution in [2.24, 2.45) is 0 Å². The quantitative estimate of drug-likeness (QED) is 0.883. The van der Waals surface area contributed by atoms with E-state index in [1.54, 1.807) is 6.20 Å². The lowest BCUT2D eigenvalue weighted by Gasteiger charge is -2.07. The van der Waals surface area contributed by atoms with Crippen molar-refractivity contribution in [3.63, 3.8) is 0 Å². The van der Waals surface area contributed by atoms with Gasteiger partial charge >= 0.3 is 0 Å². The van der Waals surface area contributed by atoms with Crippen LogP contribution in [0.4, 0.5) is 0 Å². The first-order valence-corrected chi connectivity index (χ1v) is 6.19. The summed E-state index contributed by atoms with van der Waals surface area (Å²) in [5, 5.41) is 12.5. The highest BCUT2D eigenvalue weighted by atomic mass is 32.1. The van der Waals surface area contributed by atoms with E-state index >= 15 is 0 Å². The fourth-order valence-corrected chi connectivity index (χ4v) is 2.09. The van der Waals surface area contributed by atoms with Crippen molar-refractivity contribution >= 4 is 11.3 Å². The maximum Gasteiger partial charge on any atom is 0.122 e. The smallest absolute Gasteiger partial charge is 0.122 e. The van der Waals surface area contributed by atoms with E-state index in [2.05, 4.69) is 23.0 Å². The van der Waals surface area contributed by atoms with Crippen LogP contribution in [0.3, 0.4) is 0 Å². The molecule has 0 saturated carbocycles. The Morgan fingerprint density at radius 1 is 1.38 bits per heavy atom. The number of aliphatic hydroxyl groups is 1. The van der Waals surface area contributed by atoms with E-state index in [0.717, 1.165) is 17.1 Å². The standard InChI is InChI=1S/C12H14N2OS/c1-2-9-3-4-10(14-8-9)7-11(15)12-13-5-6-16-12/h3-6,8,11,15H,2,7H2,1H3. The summed E-state index contributed by atoms with van der Waals surface area (Å²) in [6.07, 6.45) is 4.54. The lowest BCUT2D eigenvalue weighted by molar-refractivity contribution is 0.176. The lowest BCUT2D eigenvalue weighted by atomic mass is 10.1. The van der Waals surface area contributed by atoms with Crippen molar-refractivity contribution in [3.05, 3.63) is 46.2 Å². The van der Waals surface area contributed by atoms with Crippen LogP contribution in [0.5, 0.6) is 0 Å². The van der Waals surface area contributed by atoms with E-state index in [0.29, 0.717) is 6.42 Å². The lowest BCUT2D eigenvalue weighted by Crippen LogP contribution is -2.03. The molecule has 0 fully saturated rings. The summed E-state index contributed by atoms with van der Waals surface area (Å²) in [6.45, 7) is 2.10. The van der Waals surface area contributed by atoms with Crippen LogP contribution in [0, 0.1) is 0 Å². The van der Waals surface area contributed by atoms with Gasteiger partial charge in [0.05, 0.1) is 0 Å². The van der Waals surface area contributed by atoms with Crippen LogP contribution in [-0.4, -0.2) is 15.1 Å². The highest BCUT2D eigenvalue weighted by molar-refractivity contribution is 7.09. The normalized spacial score (nSPS) is 12.6. The van der Waals surface area contributed by atoms with Crippen LogP contribution in [-0.2, 0) is 12.8 Å². The Morgan fingerprint density at radius 3 is 2.81 bits per heavy atom. The first-order chi connectivity index (χ1) is 7.79. The van der Waals surface area contributed by atoms with Crippen LogP contribution in [0.1, 0.15) is 29.3 Å². The fourth-order valence-electron chi connectivity index (χ4n) is 1.47. The van der Waals surface area contributed by atoms with Gasteiger partial charge in [-0.15, -0.1) is 11.3 Å². The number of hydrogen-bond acceptors (Lipinski definition) is 4. The molecule has 4 heteroatoms. The number of aromatic nitrogens is 2. The average molecular weight is 234 g/mol. The highest BCUT2D eigenvalue weighted by Crippen LogP contribution is 2.19. The molecular formula is C12H14N2OS. The minimum atomic E-state index is -0.542. The number of pyridine rings is 1. The van der Waals surface area contributed by atoms with E-state index in [9.17, 15) is 5.11 Å². The van der Waals surface area contributed by atoms with E-state index in [1.165, 1.54) is 16.9 Å². The maximum absolute atomic E-state index is 9.90. The summed E-state index contributed by atoms with van der Waals surface area (Å²) in [7, 11) is 0. The van der Waals surface area contributed by atoms with Gasteiger partial charge in [-0.2, -0.15) is 0 Å². The molecule has 2 aromatic rings. The van der Waals surface area contributed by atoms with Crippen molar-refractivity contribution in [3.8, 4) is 0 Å². The number of rotatable bonds is 4. The van der Waals surface area contributed by atoms with Crippen molar-refractivity contribution < 1.29 is 5.11 Å². The maximum atomic E-state index is 9.90. The zero-order valence-corrected chi connectivity index (χ0v) is 9.94. The predicted molar refractivity (Wildman–Crippen MR) is 64.4 cm³/mol. The van der Waals surface area contributed by atoms with E-state index in [4.69, 9.17) is 0 Å². The van der Waals surface area contributed by atoms with Crippen LogP contribution in [0.2, 0.25) is 0 Å². The molecule has 0 aliphatic rings. The summed E-state index contributed by atoms with van der Waals surface area (Å²) in [5.41, 5.74) is 2.12. The first-order valence-electron chi connectivity index (χ1n) is 5.31. The second-order valence-electron chi connectivity index (χ2n) is 3.60. The third kappa shape index (κ3) is 2.65. The molecule has 2 heterocycles. The molecule has 0 saturated heterocycles. The Kier molecular flexibility index (Phi) is 3.64. The van der Waals surface area contributed by atoms with Gasteiger partial charge in [-0.1, -0.05) is 13.0 Å². The van der Waals surface area contributed by atoms with Gasteiger partial charge in [-0.25, -0.2) is 4.98 Å². The van der Waals surface area contributed by atoms with Gasteiger partial charge in [0.25, 0.3) is 0 Å². The molecule has 1 unspecified atom stereocenters. The number of aliphatic hydroxyl groups excluding tert-OH is 1. The predicted octanol–water partition coefficient (Wildman–Crippen LogP) is 2.38. The summed E-state index contributed by atoms with van der Waals surface area (Å²) in [4.78, 5) is 8.40. The van der Waals surface area contributed by atoms with Crippen molar-refractivity contribution in [2.45, 2.75) is 25.9 Å². The van der Waals surface area contributed by atoms with Crippen molar-refractivity contribution in [1.29, 1.82) is 0 Å². The van der Waals surface area contributed by atoms with E-state index in [-0.39, 0.29) is 0 Å². The highest BCUT2D eigenvalue weighted by Gasteiger charge is 2.11. The van der Waals surface area contributed by atoms with E-state index in [1.807, 2.05) is 17.6 Å². The number of hydrogen-bond donors (Lipinski definition) is 1. The van der Waals surface area contributed by atoms with Crippen LogP contribution < -0.4 is 0 Å². The largest absolute Gasteiger partial charge is 0.386 e. The fraction of sp³-hybridized carbons (Fsp3) is 0.333. The van der Waals surface area contributed by atoms with Crippen molar-refractivity contribution in [2.75, 3.05) is 0 Å². The molecule has 84 valence electrons. The van der Waals surface area contributed by atoms with Gasteiger partial charge in [0.2, 0.25) is 0 Å². The third-order valence-corrected chi connectivity index (χ3v) is 3.31. The Balaban J connectivity index is 2.03. The van der Waals surface area contributed by atoms with Gasteiger partial charge in [0, 0.05) is 29.9 Å². The molecule has 0 aliphatic carbocycles. The second-order valence-corrected chi connectivity index (χ2v) is 4.53. The monoisotopic (exact) mass is 234 g/mol. The molecule has 0 bridgehead atoms. The summed E-state index contributed by atoms with van der Waals surface area (Å²) in [6, 6.07) is 4.02. The molecule has 0 amide bonds. The molecule has 2 rings (SSSR count). The van der Waals surface area contributed by atoms with Gasteiger partial charge in [-0.3, -0.25) is 4.98 Å². The Bertz CT molecular complexity index is 425. The number of nitrogens with zero attached hydrogens (tertiary/aromatic N) is 2. The molecule has 16 heavy (non-hydrogen) atoms. The zero-order valence-electron chi connectivity index (χ0n) is 9.13. The average Bonchev–Trinajstić information content (AvgIpc) is 2.83. The number of aryl methyl sites for hydroxylation is 1. The molecule has 0 radical (unpaired) electrons. The third-order valence-electron chi connectivity index (χ3n) is 2.43. The molecule has 0 spiro atoms. The Morgan fingerprint density at radius 2 is 2.25 bits per heavy atom. The van der Waals surface area contributed by atoms with Gasteiger partial charge in [-0.05, 0) is 18.1 Å². The molecule has 1 N–H and O–H groups in total. The van der Waals surface area contributed by atoms with Gasteiger partial charge in [0.15, 0.2) is 0 Å². The molecule has 0 aliphatic heterocycles. The van der Waals surface area contributed by atoms with Crippen LogP contribution in [0.15, 0.2) is 29.9 Å². The molecular weight excluding hydrogens is 220 g/mol.